The quantitative estimate of drug-likeness (QED) is 0.744. The molecule has 0 saturated heterocycles. The van der Waals surface area contributed by atoms with Crippen LogP contribution in [0.2, 0.25) is 5.15 Å². The average Bonchev–Trinajstić information content (AvgIpc) is 2.41. The third-order valence-electron chi connectivity index (χ3n) is 3.66. The van der Waals surface area contributed by atoms with Crippen molar-refractivity contribution in [1.29, 1.82) is 0 Å². The van der Waals surface area contributed by atoms with Crippen molar-refractivity contribution < 1.29 is 4.74 Å². The molecule has 4 nitrogen and oxygen atoms in total. The highest BCUT2D eigenvalue weighted by Gasteiger charge is 2.24. The first-order valence-corrected chi connectivity index (χ1v) is 7.90. The van der Waals surface area contributed by atoms with Crippen LogP contribution in [0.25, 0.3) is 0 Å². The minimum Gasteiger partial charge on any atom is -0.383 e. The van der Waals surface area contributed by atoms with Gasteiger partial charge in [-0.15, -0.1) is 0 Å². The molecule has 120 valence electrons. The van der Waals surface area contributed by atoms with Crippen LogP contribution in [0.3, 0.4) is 0 Å². The van der Waals surface area contributed by atoms with Gasteiger partial charge in [-0.2, -0.15) is 0 Å². The summed E-state index contributed by atoms with van der Waals surface area (Å²) in [5.41, 5.74) is 0.801. The van der Waals surface area contributed by atoms with E-state index in [1.165, 1.54) is 0 Å². The van der Waals surface area contributed by atoms with Crippen LogP contribution in [0.1, 0.15) is 52.4 Å². The molecule has 0 bridgehead atoms. The highest BCUT2D eigenvalue weighted by atomic mass is 35.5. The van der Waals surface area contributed by atoms with Crippen LogP contribution in [0.4, 0.5) is 5.82 Å². The van der Waals surface area contributed by atoms with Crippen LogP contribution in [-0.2, 0) is 10.2 Å². The minimum absolute atomic E-state index is 0.130. The van der Waals surface area contributed by atoms with Crippen molar-refractivity contribution in [3.8, 4) is 0 Å². The molecular weight excluding hydrogens is 286 g/mol. The zero-order valence-electron chi connectivity index (χ0n) is 14.3. The van der Waals surface area contributed by atoms with Gasteiger partial charge in [0.15, 0.2) is 0 Å². The van der Waals surface area contributed by atoms with E-state index >= 15 is 0 Å². The lowest BCUT2D eigenvalue weighted by molar-refractivity contribution is 0.203. The standard InChI is InChI=1S/C16H28ClN3O/c1-8-11(2)20(9-10-21-7)14-12(3)13(17)18-15(19-14)16(4,5)6/h11H,8-10H2,1-7H3. The highest BCUT2D eigenvalue weighted by Crippen LogP contribution is 2.29. The number of aromatic nitrogens is 2. The van der Waals surface area contributed by atoms with Gasteiger partial charge in [0.1, 0.15) is 16.8 Å². The first-order chi connectivity index (χ1) is 9.72. The van der Waals surface area contributed by atoms with Gasteiger partial charge in [0, 0.05) is 30.7 Å². The van der Waals surface area contributed by atoms with E-state index in [0.29, 0.717) is 17.8 Å². The molecular formula is C16H28ClN3O. The fourth-order valence-corrected chi connectivity index (χ4v) is 2.20. The molecule has 1 rings (SSSR count). The number of ether oxygens (including phenoxy) is 1. The van der Waals surface area contributed by atoms with E-state index in [9.17, 15) is 0 Å². The molecule has 0 amide bonds. The van der Waals surface area contributed by atoms with Crippen LogP contribution in [0.15, 0.2) is 0 Å². The maximum Gasteiger partial charge on any atom is 0.137 e. The Balaban J connectivity index is 3.32. The lowest BCUT2D eigenvalue weighted by Gasteiger charge is -2.32. The van der Waals surface area contributed by atoms with E-state index in [0.717, 1.165) is 30.2 Å². The molecule has 1 heterocycles. The number of hydrogen-bond donors (Lipinski definition) is 0. The van der Waals surface area contributed by atoms with E-state index in [4.69, 9.17) is 21.3 Å². The number of anilines is 1. The molecule has 5 heteroatoms. The van der Waals surface area contributed by atoms with E-state index in [-0.39, 0.29) is 5.41 Å². The molecule has 0 spiro atoms. The summed E-state index contributed by atoms with van der Waals surface area (Å²) in [4.78, 5) is 11.5. The van der Waals surface area contributed by atoms with Crippen LogP contribution in [-0.4, -0.2) is 36.3 Å². The number of hydrogen-bond acceptors (Lipinski definition) is 4. The van der Waals surface area contributed by atoms with Gasteiger partial charge in [0.2, 0.25) is 0 Å². The molecule has 0 N–H and O–H groups in total. The lowest BCUT2D eigenvalue weighted by atomic mass is 9.95. The molecule has 0 aliphatic rings. The van der Waals surface area contributed by atoms with Gasteiger partial charge in [0.05, 0.1) is 6.61 Å². The Morgan fingerprint density at radius 3 is 2.38 bits per heavy atom. The fraction of sp³-hybridized carbons (Fsp3) is 0.750. The molecule has 1 aromatic heterocycles. The number of nitrogens with zero attached hydrogens (tertiary/aromatic N) is 3. The number of rotatable bonds is 6. The van der Waals surface area contributed by atoms with Crippen LogP contribution in [0.5, 0.6) is 0 Å². The second-order valence-corrected chi connectivity index (χ2v) is 6.84. The first-order valence-electron chi connectivity index (χ1n) is 7.52. The smallest absolute Gasteiger partial charge is 0.137 e. The second-order valence-electron chi connectivity index (χ2n) is 6.48. The SMILES string of the molecule is CCC(C)N(CCOC)c1nc(C(C)(C)C)nc(Cl)c1C. The summed E-state index contributed by atoms with van der Waals surface area (Å²) < 4.78 is 5.24. The zero-order chi connectivity index (χ0) is 16.2. The van der Waals surface area contributed by atoms with Crippen molar-refractivity contribution in [2.24, 2.45) is 0 Å². The first kappa shape index (κ1) is 18.2. The van der Waals surface area contributed by atoms with Gasteiger partial charge < -0.3 is 9.64 Å². The summed E-state index contributed by atoms with van der Waals surface area (Å²) in [5, 5.41) is 0.538. The van der Waals surface area contributed by atoms with E-state index < -0.39 is 0 Å². The maximum atomic E-state index is 6.34. The molecule has 1 atom stereocenters. The van der Waals surface area contributed by atoms with Gasteiger partial charge in [0.25, 0.3) is 0 Å². The number of methoxy groups -OCH3 is 1. The fourth-order valence-electron chi connectivity index (χ4n) is 2.04. The number of halogens is 1. The highest BCUT2D eigenvalue weighted by molar-refractivity contribution is 6.30. The van der Waals surface area contributed by atoms with Gasteiger partial charge in [-0.05, 0) is 20.3 Å². The molecule has 0 radical (unpaired) electrons. The van der Waals surface area contributed by atoms with E-state index in [1.807, 2.05) is 6.92 Å². The molecule has 0 fully saturated rings. The Hall–Kier alpha value is -0.870. The van der Waals surface area contributed by atoms with Gasteiger partial charge in [-0.25, -0.2) is 9.97 Å². The maximum absolute atomic E-state index is 6.34. The summed E-state index contributed by atoms with van der Waals surface area (Å²) >= 11 is 6.34. The molecule has 0 saturated carbocycles. The van der Waals surface area contributed by atoms with Crippen molar-refractivity contribution in [1.82, 2.24) is 9.97 Å². The normalized spacial score (nSPS) is 13.3. The second kappa shape index (κ2) is 7.41. The predicted molar refractivity (Wildman–Crippen MR) is 89.5 cm³/mol. The molecule has 1 aromatic rings. The Morgan fingerprint density at radius 1 is 1.29 bits per heavy atom. The van der Waals surface area contributed by atoms with E-state index in [2.05, 4.69) is 44.5 Å². The molecule has 0 aliphatic carbocycles. The van der Waals surface area contributed by atoms with Crippen molar-refractivity contribution in [2.75, 3.05) is 25.2 Å². The summed E-state index contributed by atoms with van der Waals surface area (Å²) in [6.45, 7) is 14.1. The van der Waals surface area contributed by atoms with Gasteiger partial charge >= 0.3 is 0 Å². The van der Waals surface area contributed by atoms with Crippen molar-refractivity contribution in [2.45, 2.75) is 59.4 Å². The zero-order valence-corrected chi connectivity index (χ0v) is 15.1. The molecule has 0 aromatic carbocycles. The summed E-state index contributed by atoms with van der Waals surface area (Å²) in [6, 6.07) is 0.373. The minimum atomic E-state index is -0.130. The third kappa shape index (κ3) is 4.55. The predicted octanol–water partition coefficient (Wildman–Crippen LogP) is 3.99. The molecule has 21 heavy (non-hydrogen) atoms. The largest absolute Gasteiger partial charge is 0.383 e. The topological polar surface area (TPSA) is 38.2 Å². The van der Waals surface area contributed by atoms with E-state index in [1.54, 1.807) is 7.11 Å². The van der Waals surface area contributed by atoms with Gasteiger partial charge in [-0.3, -0.25) is 0 Å². The summed E-state index contributed by atoms with van der Waals surface area (Å²) in [6.07, 6.45) is 1.04. The third-order valence-corrected chi connectivity index (χ3v) is 4.03. The van der Waals surface area contributed by atoms with Crippen LogP contribution < -0.4 is 4.90 Å². The van der Waals surface area contributed by atoms with Crippen LogP contribution in [0, 0.1) is 6.92 Å². The van der Waals surface area contributed by atoms with Crippen molar-refractivity contribution in [3.05, 3.63) is 16.5 Å². The van der Waals surface area contributed by atoms with Crippen molar-refractivity contribution in [3.63, 3.8) is 0 Å². The Labute approximate surface area is 133 Å². The Kier molecular flexibility index (Phi) is 6.41. The Morgan fingerprint density at radius 2 is 1.90 bits per heavy atom. The summed E-state index contributed by atoms with van der Waals surface area (Å²) in [7, 11) is 1.72. The van der Waals surface area contributed by atoms with Crippen LogP contribution >= 0.6 is 11.6 Å². The Bertz CT molecular complexity index is 471. The van der Waals surface area contributed by atoms with Crippen molar-refractivity contribution >= 4 is 17.4 Å². The summed E-state index contributed by atoms with van der Waals surface area (Å²) in [5.74, 6) is 1.70. The average molecular weight is 314 g/mol. The molecule has 1 unspecified atom stereocenters. The monoisotopic (exact) mass is 313 g/mol. The van der Waals surface area contributed by atoms with Gasteiger partial charge in [-0.1, -0.05) is 39.3 Å². The molecule has 0 aliphatic heterocycles. The lowest BCUT2D eigenvalue weighted by Crippen LogP contribution is -2.37.